The van der Waals surface area contributed by atoms with Gasteiger partial charge in [-0.05, 0) is 13.5 Å². The van der Waals surface area contributed by atoms with Crippen LogP contribution in [0.1, 0.15) is 28.8 Å². The van der Waals surface area contributed by atoms with Gasteiger partial charge in [0.2, 0.25) is 0 Å². The lowest BCUT2D eigenvalue weighted by atomic mass is 10.4. The molecule has 2 rings (SSSR count). The molecule has 0 aliphatic carbocycles. The van der Waals surface area contributed by atoms with Crippen molar-refractivity contribution in [2.24, 2.45) is 0 Å². The standard InChI is InChI=1S/C8H11FN2S/c1-3-6-10-7-5(12-6)4-11(2)8(7)9/h8H,3-4H2,1-2H3. The third kappa shape index (κ3) is 1.06. The van der Waals surface area contributed by atoms with Crippen molar-refractivity contribution in [2.45, 2.75) is 26.2 Å². The second kappa shape index (κ2) is 2.78. The molecule has 0 aromatic carbocycles. The molecule has 2 heterocycles. The molecular formula is C8H11FN2S. The number of alkyl halides is 1. The highest BCUT2D eigenvalue weighted by Gasteiger charge is 2.30. The van der Waals surface area contributed by atoms with Gasteiger partial charge in [-0.1, -0.05) is 6.92 Å². The van der Waals surface area contributed by atoms with E-state index < -0.39 is 6.30 Å². The maximum atomic E-state index is 13.3. The number of rotatable bonds is 1. The summed E-state index contributed by atoms with van der Waals surface area (Å²) in [6, 6.07) is 0. The van der Waals surface area contributed by atoms with Crippen LogP contribution in [0.5, 0.6) is 0 Å². The molecule has 0 saturated carbocycles. The van der Waals surface area contributed by atoms with Crippen molar-refractivity contribution in [1.29, 1.82) is 0 Å². The lowest BCUT2D eigenvalue weighted by Crippen LogP contribution is -2.12. The summed E-state index contributed by atoms with van der Waals surface area (Å²) in [6.07, 6.45) is -0.0646. The summed E-state index contributed by atoms with van der Waals surface area (Å²) in [5, 5.41) is 1.05. The van der Waals surface area contributed by atoms with Crippen molar-refractivity contribution in [1.82, 2.24) is 9.88 Å². The predicted molar refractivity (Wildman–Crippen MR) is 46.8 cm³/mol. The monoisotopic (exact) mass is 186 g/mol. The third-order valence-electron chi connectivity index (χ3n) is 2.08. The first kappa shape index (κ1) is 8.13. The number of thiazole rings is 1. The fourth-order valence-electron chi connectivity index (χ4n) is 1.38. The maximum Gasteiger partial charge on any atom is 0.197 e. The van der Waals surface area contributed by atoms with E-state index in [-0.39, 0.29) is 0 Å². The summed E-state index contributed by atoms with van der Waals surface area (Å²) in [4.78, 5) is 7.02. The van der Waals surface area contributed by atoms with Gasteiger partial charge in [0.1, 0.15) is 5.69 Å². The van der Waals surface area contributed by atoms with Crippen molar-refractivity contribution < 1.29 is 4.39 Å². The smallest absolute Gasteiger partial charge is 0.197 e. The molecule has 1 aromatic heterocycles. The molecule has 1 aromatic rings. The summed E-state index contributed by atoms with van der Waals surface area (Å²) in [6.45, 7) is 2.76. The third-order valence-corrected chi connectivity index (χ3v) is 3.28. The molecule has 0 spiro atoms. The molecule has 1 aliphatic rings. The van der Waals surface area contributed by atoms with Gasteiger partial charge >= 0.3 is 0 Å². The summed E-state index contributed by atoms with van der Waals surface area (Å²) >= 11 is 1.64. The van der Waals surface area contributed by atoms with Gasteiger partial charge in [-0.2, -0.15) is 0 Å². The highest BCUT2D eigenvalue weighted by molar-refractivity contribution is 7.11. The van der Waals surface area contributed by atoms with Gasteiger partial charge in [0.05, 0.1) is 5.01 Å². The number of aryl methyl sites for hydroxylation is 1. The summed E-state index contributed by atoms with van der Waals surface area (Å²) in [5.41, 5.74) is 0.652. The van der Waals surface area contributed by atoms with E-state index in [2.05, 4.69) is 4.98 Å². The minimum Gasteiger partial charge on any atom is -0.267 e. The van der Waals surface area contributed by atoms with Gasteiger partial charge in [-0.15, -0.1) is 11.3 Å². The van der Waals surface area contributed by atoms with Crippen LogP contribution in [-0.4, -0.2) is 16.9 Å². The SMILES string of the molecule is CCc1nc2c(s1)CN(C)C2F. The Morgan fingerprint density at radius 3 is 3.08 bits per heavy atom. The van der Waals surface area contributed by atoms with Crippen LogP contribution in [0, 0.1) is 0 Å². The number of hydrogen-bond donors (Lipinski definition) is 0. The second-order valence-electron chi connectivity index (χ2n) is 3.02. The van der Waals surface area contributed by atoms with Gasteiger partial charge < -0.3 is 0 Å². The van der Waals surface area contributed by atoms with Crippen molar-refractivity contribution >= 4 is 11.3 Å². The normalized spacial score (nSPS) is 23.1. The zero-order valence-corrected chi connectivity index (χ0v) is 7.99. The number of nitrogens with zero attached hydrogens (tertiary/aromatic N) is 2. The second-order valence-corrected chi connectivity index (χ2v) is 4.19. The topological polar surface area (TPSA) is 16.1 Å². The Morgan fingerprint density at radius 1 is 1.75 bits per heavy atom. The molecular weight excluding hydrogens is 175 g/mol. The average Bonchev–Trinajstić information content (AvgIpc) is 2.55. The molecule has 0 N–H and O–H groups in total. The van der Waals surface area contributed by atoms with E-state index in [1.807, 2.05) is 6.92 Å². The van der Waals surface area contributed by atoms with Crippen LogP contribution in [0.4, 0.5) is 4.39 Å². The van der Waals surface area contributed by atoms with Crippen molar-refractivity contribution in [3.63, 3.8) is 0 Å². The molecule has 1 unspecified atom stereocenters. The predicted octanol–water partition coefficient (Wildman–Crippen LogP) is 2.12. The number of halogens is 1. The van der Waals surface area contributed by atoms with Gasteiger partial charge in [-0.3, -0.25) is 4.90 Å². The van der Waals surface area contributed by atoms with E-state index in [0.29, 0.717) is 12.2 Å². The highest BCUT2D eigenvalue weighted by Crippen LogP contribution is 2.36. The Kier molecular flexibility index (Phi) is 1.88. The average molecular weight is 186 g/mol. The Hall–Kier alpha value is -0.480. The molecule has 2 nitrogen and oxygen atoms in total. The largest absolute Gasteiger partial charge is 0.267 e. The summed E-state index contributed by atoms with van der Waals surface area (Å²) in [5.74, 6) is 0. The fourth-order valence-corrected chi connectivity index (χ4v) is 2.47. The van der Waals surface area contributed by atoms with Crippen molar-refractivity contribution in [3.8, 4) is 0 Å². The highest BCUT2D eigenvalue weighted by atomic mass is 32.1. The summed E-state index contributed by atoms with van der Waals surface area (Å²) in [7, 11) is 1.78. The molecule has 0 amide bonds. The van der Waals surface area contributed by atoms with E-state index in [0.717, 1.165) is 16.3 Å². The molecule has 66 valence electrons. The van der Waals surface area contributed by atoms with Gasteiger partial charge in [-0.25, -0.2) is 9.37 Å². The number of fused-ring (bicyclic) bond motifs is 1. The zero-order valence-electron chi connectivity index (χ0n) is 7.17. The van der Waals surface area contributed by atoms with Gasteiger partial charge in [0.15, 0.2) is 6.30 Å². The van der Waals surface area contributed by atoms with Crippen molar-refractivity contribution in [3.05, 3.63) is 15.6 Å². The minimum atomic E-state index is -0.975. The van der Waals surface area contributed by atoms with Crippen LogP contribution < -0.4 is 0 Å². The molecule has 0 fully saturated rings. The van der Waals surface area contributed by atoms with Crippen LogP contribution in [0.15, 0.2) is 0 Å². The van der Waals surface area contributed by atoms with E-state index in [1.54, 1.807) is 23.3 Å². The molecule has 0 saturated heterocycles. The first-order valence-corrected chi connectivity index (χ1v) is 4.86. The van der Waals surface area contributed by atoms with Gasteiger partial charge in [0.25, 0.3) is 0 Å². The quantitative estimate of drug-likeness (QED) is 0.624. The molecule has 4 heteroatoms. The molecule has 12 heavy (non-hydrogen) atoms. The van der Waals surface area contributed by atoms with E-state index >= 15 is 0 Å². The van der Waals surface area contributed by atoms with Crippen LogP contribution >= 0.6 is 11.3 Å². The van der Waals surface area contributed by atoms with E-state index in [4.69, 9.17) is 0 Å². The lowest BCUT2D eigenvalue weighted by molar-refractivity contribution is 0.124. The number of aromatic nitrogens is 1. The van der Waals surface area contributed by atoms with Crippen LogP contribution in [-0.2, 0) is 13.0 Å². The first-order chi connectivity index (χ1) is 5.72. The number of hydrogen-bond acceptors (Lipinski definition) is 3. The molecule has 0 radical (unpaired) electrons. The van der Waals surface area contributed by atoms with Crippen LogP contribution in [0.2, 0.25) is 0 Å². The Bertz CT molecular complexity index is 297. The lowest BCUT2D eigenvalue weighted by Gasteiger charge is -2.09. The van der Waals surface area contributed by atoms with Crippen LogP contribution in [0.3, 0.4) is 0 Å². The Labute approximate surface area is 75.0 Å². The fraction of sp³-hybridized carbons (Fsp3) is 0.625. The van der Waals surface area contributed by atoms with Crippen molar-refractivity contribution in [2.75, 3.05) is 7.05 Å². The Morgan fingerprint density at radius 2 is 2.50 bits per heavy atom. The first-order valence-electron chi connectivity index (χ1n) is 4.05. The van der Waals surface area contributed by atoms with Gasteiger partial charge in [0, 0.05) is 11.4 Å². The summed E-state index contributed by atoms with van der Waals surface area (Å²) < 4.78 is 13.3. The molecule has 1 atom stereocenters. The Balaban J connectivity index is 2.36. The zero-order chi connectivity index (χ0) is 8.72. The minimum absolute atomic E-state index is 0.652. The molecule has 0 bridgehead atoms. The van der Waals surface area contributed by atoms with E-state index in [9.17, 15) is 4.39 Å². The van der Waals surface area contributed by atoms with Crippen LogP contribution in [0.25, 0.3) is 0 Å². The maximum absolute atomic E-state index is 13.3. The molecule has 1 aliphatic heterocycles. The van der Waals surface area contributed by atoms with E-state index in [1.165, 1.54) is 0 Å².